The van der Waals surface area contributed by atoms with Gasteiger partial charge in [-0.2, -0.15) is 0 Å². The molecule has 0 radical (unpaired) electrons. The fourth-order valence-corrected chi connectivity index (χ4v) is 14.1. The third-order valence-corrected chi connectivity index (χ3v) is 18.7. The summed E-state index contributed by atoms with van der Waals surface area (Å²) in [6, 6.07) is 8.88. The predicted octanol–water partition coefficient (Wildman–Crippen LogP) is 15.7. The van der Waals surface area contributed by atoms with E-state index in [-0.39, 0.29) is 73.1 Å². The Morgan fingerprint density at radius 3 is 0.591 bits per heavy atom. The number of unbranched alkanes of at least 4 members (excludes halogenated alkanes) is 16. The Kier molecular flexibility index (Phi) is 22.4. The number of hydrogen-bond acceptors (Lipinski definition) is 12. The Morgan fingerprint density at radius 2 is 0.443 bits per heavy atom. The van der Waals surface area contributed by atoms with Crippen LogP contribution in [-0.4, -0.2) is 127 Å². The molecular formula is C72H100N4O12. The highest BCUT2D eigenvalue weighted by Gasteiger charge is 2.45. The van der Waals surface area contributed by atoms with Crippen molar-refractivity contribution in [3.8, 4) is 46.0 Å². The summed E-state index contributed by atoms with van der Waals surface area (Å²) >= 11 is 0. The van der Waals surface area contributed by atoms with Gasteiger partial charge < -0.3 is 57.5 Å². The number of amides is 4. The van der Waals surface area contributed by atoms with Crippen molar-refractivity contribution >= 4 is 23.6 Å². The summed E-state index contributed by atoms with van der Waals surface area (Å²) in [4.78, 5) is 68.3. The Bertz CT molecular complexity index is 2610. The molecule has 4 amide bonds. The number of carbonyl (C=O) groups is 4. The van der Waals surface area contributed by atoms with Gasteiger partial charge in [0.1, 0.15) is 68.2 Å². The second kappa shape index (κ2) is 30.1. The van der Waals surface area contributed by atoms with E-state index >= 15 is 19.2 Å². The topological polar surface area (TPSA) is 155 Å². The van der Waals surface area contributed by atoms with E-state index in [2.05, 4.69) is 52.0 Å². The molecule has 0 N–H and O–H groups in total. The molecule has 4 aromatic rings. The van der Waals surface area contributed by atoms with Gasteiger partial charge in [-0.1, -0.05) is 156 Å². The SMILES string of the molecule is CCCCCCCC1c2cc3c4c(C(=O)N(C)C)c2OCOc2c1cc1c(c2C(=O)N(C)C)OCOc2c(cc5c(c2C(=O)N(C)C)OCOc2c(cc(c(c2C(=O)N(C)C)OCO4)C3CCCCCCC)C5CCCCCCC)C1CCCCCCC. The van der Waals surface area contributed by atoms with Gasteiger partial charge in [-0.15, -0.1) is 0 Å². The van der Waals surface area contributed by atoms with Crippen molar-refractivity contribution in [3.05, 3.63) is 91.0 Å². The lowest BCUT2D eigenvalue weighted by Gasteiger charge is -2.37. The zero-order valence-electron chi connectivity index (χ0n) is 55.1. The lowest BCUT2D eigenvalue weighted by atomic mass is 9.74. The second-order valence-electron chi connectivity index (χ2n) is 25.8. The van der Waals surface area contributed by atoms with E-state index < -0.39 is 23.7 Å². The largest absolute Gasteiger partial charge is 0.456 e. The second-order valence-corrected chi connectivity index (χ2v) is 25.8. The number of carbonyl (C=O) groups excluding carboxylic acids is 4. The lowest BCUT2D eigenvalue weighted by molar-refractivity contribution is 0.0747. The quantitative estimate of drug-likeness (QED) is 0.0497. The van der Waals surface area contributed by atoms with Gasteiger partial charge in [-0.25, -0.2) is 0 Å². The van der Waals surface area contributed by atoms with E-state index in [4.69, 9.17) is 37.9 Å². The summed E-state index contributed by atoms with van der Waals surface area (Å²) in [5.74, 6) is -0.491. The molecule has 0 saturated heterocycles. The van der Waals surface area contributed by atoms with E-state index in [1.165, 1.54) is 0 Å². The molecule has 4 aromatic carbocycles. The molecule has 1 aliphatic carbocycles. The van der Waals surface area contributed by atoms with Crippen LogP contribution in [0.5, 0.6) is 46.0 Å². The monoisotopic (exact) mass is 1210 g/mol. The Balaban J connectivity index is 1.54. The van der Waals surface area contributed by atoms with Gasteiger partial charge in [0.25, 0.3) is 23.6 Å². The maximum atomic E-state index is 15.5. The van der Waals surface area contributed by atoms with Crippen molar-refractivity contribution < 1.29 is 57.1 Å². The highest BCUT2D eigenvalue weighted by molar-refractivity contribution is 6.04. The third kappa shape index (κ3) is 13.5. The average molecular weight is 1210 g/mol. The van der Waals surface area contributed by atoms with Crippen molar-refractivity contribution in [2.24, 2.45) is 0 Å². The molecule has 9 rings (SSSR count). The van der Waals surface area contributed by atoms with Crippen LogP contribution in [0, 0.1) is 0 Å². The molecule has 4 heterocycles. The van der Waals surface area contributed by atoms with E-state index in [1.807, 2.05) is 0 Å². The fourth-order valence-electron chi connectivity index (χ4n) is 14.1. The zero-order valence-corrected chi connectivity index (χ0v) is 55.1. The summed E-state index contributed by atoms with van der Waals surface area (Å²) in [6.45, 7) is 7.45. The molecule has 4 aliphatic heterocycles. The average Bonchev–Trinajstić information content (AvgIpc) is 0.787. The van der Waals surface area contributed by atoms with Crippen molar-refractivity contribution in [1.82, 2.24) is 19.6 Å². The number of nitrogens with zero attached hydrogens (tertiary/aromatic N) is 4. The summed E-state index contributed by atoms with van der Waals surface area (Å²) in [5, 5.41) is 0. The normalized spacial score (nSPS) is 17.3. The van der Waals surface area contributed by atoms with Crippen molar-refractivity contribution in [1.29, 1.82) is 0 Å². The van der Waals surface area contributed by atoms with Crippen LogP contribution in [-0.2, 0) is 0 Å². The minimum Gasteiger partial charge on any atom is -0.456 e. The van der Waals surface area contributed by atoms with Crippen molar-refractivity contribution in [2.45, 2.75) is 205 Å². The first kappa shape index (κ1) is 65.6. The Hall–Kier alpha value is -6.84. The van der Waals surface area contributed by atoms with E-state index in [0.717, 1.165) is 173 Å². The Labute approximate surface area is 524 Å². The molecule has 480 valence electrons. The maximum Gasteiger partial charge on any atom is 0.260 e. The van der Waals surface area contributed by atoms with Crippen LogP contribution in [0.3, 0.4) is 0 Å². The summed E-state index contributed by atoms with van der Waals surface area (Å²) in [6.07, 6.45) is 22.3. The van der Waals surface area contributed by atoms with Gasteiger partial charge in [-0.05, 0) is 49.9 Å². The molecule has 0 atom stereocenters. The fraction of sp³-hybridized carbons (Fsp3) is 0.611. The van der Waals surface area contributed by atoms with E-state index in [9.17, 15) is 0 Å². The highest BCUT2D eigenvalue weighted by atomic mass is 16.7. The number of benzene rings is 4. The lowest BCUT2D eigenvalue weighted by Crippen LogP contribution is -2.31. The minimum atomic E-state index is -0.507. The first-order chi connectivity index (χ1) is 42.6. The van der Waals surface area contributed by atoms with Gasteiger partial charge in [0.2, 0.25) is 27.2 Å². The van der Waals surface area contributed by atoms with Crippen molar-refractivity contribution in [2.75, 3.05) is 83.6 Å². The number of rotatable bonds is 28. The molecule has 8 bridgehead atoms. The van der Waals surface area contributed by atoms with Gasteiger partial charge in [0.05, 0.1) is 0 Å². The molecule has 0 fully saturated rings. The van der Waals surface area contributed by atoms with Gasteiger partial charge in [0.15, 0.2) is 0 Å². The van der Waals surface area contributed by atoms with Crippen LogP contribution in [0.2, 0.25) is 0 Å². The standard InChI is InChI=1S/C72H100N4O12/c1-13-17-21-25-29-33-45-49-37-51-46(34-30-26-22-18-14-2)53-39-55-48(36-32-28-24-20-16-4)56-40-54-47(35-31-27-23-19-15-3)52-38-50(45)62-58(70(78)74(7)8)64(52)84-43-86-66(54)60(72(80)76(11)12)68(56)88-44-87-67(55)59(71(79)75(9)10)65(53)85-42-83-63(51)57(69(77)73(5)6)61(49)81-41-82-62/h37-40,45-48H,13-36,41-44H2,1-12H3. The van der Waals surface area contributed by atoms with Crippen LogP contribution in [0.25, 0.3) is 0 Å². The summed E-state index contributed by atoms with van der Waals surface area (Å²) in [5.41, 5.74) is 7.26. The minimum absolute atomic E-state index is 0.259. The number of ether oxygens (including phenoxy) is 8. The predicted molar refractivity (Wildman–Crippen MR) is 343 cm³/mol. The molecule has 0 saturated carbocycles. The van der Waals surface area contributed by atoms with Crippen LogP contribution < -0.4 is 37.9 Å². The van der Waals surface area contributed by atoms with Crippen LogP contribution in [0.1, 0.15) is 291 Å². The molecule has 0 unspecified atom stereocenters. The molecule has 5 aliphatic rings. The maximum absolute atomic E-state index is 15.5. The first-order valence-corrected chi connectivity index (χ1v) is 33.3. The molecule has 0 spiro atoms. The molecular weight excluding hydrogens is 1110 g/mol. The van der Waals surface area contributed by atoms with Crippen molar-refractivity contribution in [3.63, 3.8) is 0 Å². The Morgan fingerprint density at radius 1 is 0.284 bits per heavy atom. The van der Waals surface area contributed by atoms with Crippen LogP contribution in [0.15, 0.2) is 24.3 Å². The first-order valence-electron chi connectivity index (χ1n) is 33.3. The third-order valence-electron chi connectivity index (χ3n) is 18.7. The molecule has 0 aromatic heterocycles. The van der Waals surface area contributed by atoms with Gasteiger partial charge in [0, 0.05) is 125 Å². The zero-order chi connectivity index (χ0) is 62.8. The van der Waals surface area contributed by atoms with Crippen LogP contribution in [0.4, 0.5) is 0 Å². The molecule has 16 nitrogen and oxygen atoms in total. The van der Waals surface area contributed by atoms with Gasteiger partial charge >= 0.3 is 0 Å². The van der Waals surface area contributed by atoms with E-state index in [0.29, 0.717) is 71.7 Å². The highest BCUT2D eigenvalue weighted by Crippen LogP contribution is 2.59. The molecule has 16 heteroatoms. The van der Waals surface area contributed by atoms with E-state index in [1.54, 1.807) is 76.0 Å². The summed E-state index contributed by atoms with van der Waals surface area (Å²) < 4.78 is 55.6. The molecule has 88 heavy (non-hydrogen) atoms. The number of hydrogen-bond donors (Lipinski definition) is 0. The van der Waals surface area contributed by atoms with Gasteiger partial charge in [-0.3, -0.25) is 19.2 Å². The smallest absolute Gasteiger partial charge is 0.260 e. The summed E-state index contributed by atoms with van der Waals surface area (Å²) in [7, 11) is 13.9. The van der Waals surface area contributed by atoms with Crippen LogP contribution >= 0.6 is 0 Å².